The number of hydrogen-bond donors (Lipinski definition) is 1. The Bertz CT molecular complexity index is 416. The van der Waals surface area contributed by atoms with Crippen LogP contribution in [0.25, 0.3) is 0 Å². The highest BCUT2D eigenvalue weighted by Crippen LogP contribution is 2.22. The Kier molecular flexibility index (Phi) is 3.76. The maximum Gasteiger partial charge on any atom is 0.219 e. The predicted molar refractivity (Wildman–Crippen MR) is 55.2 cm³/mol. The molecule has 0 fully saturated rings. The minimum absolute atomic E-state index is 0.355. The van der Waals surface area contributed by atoms with E-state index in [1.165, 1.54) is 19.2 Å². The third-order valence-electron chi connectivity index (χ3n) is 2.11. The molecule has 1 aromatic heterocycles. The Morgan fingerprint density at radius 1 is 1.53 bits per heavy atom. The van der Waals surface area contributed by atoms with E-state index in [-0.39, 0.29) is 0 Å². The molecule has 0 saturated carbocycles. The summed E-state index contributed by atoms with van der Waals surface area (Å²) in [6, 6.07) is 2.59. The number of halogens is 1. The van der Waals surface area contributed by atoms with Gasteiger partial charge in [-0.15, -0.1) is 0 Å². The lowest BCUT2D eigenvalue weighted by Crippen LogP contribution is -2.26. The summed E-state index contributed by atoms with van der Waals surface area (Å²) in [5.74, 6) is -0.476. The highest BCUT2D eigenvalue weighted by Gasteiger charge is 2.24. The number of aromatic nitrogens is 1. The smallest absolute Gasteiger partial charge is 0.219 e. The molecule has 1 atom stereocenters. The monoisotopic (exact) mass is 232 g/mol. The normalized spacial score (nSPS) is 13.8. The van der Waals surface area contributed by atoms with Crippen molar-refractivity contribution < 1.29 is 12.8 Å². The Hall–Kier alpha value is -1.01. The lowest BCUT2D eigenvalue weighted by Gasteiger charge is -2.13. The van der Waals surface area contributed by atoms with E-state index in [4.69, 9.17) is 0 Å². The lowest BCUT2D eigenvalue weighted by atomic mass is 10.2. The summed E-state index contributed by atoms with van der Waals surface area (Å²) in [6.45, 7) is 1.74. The van der Waals surface area contributed by atoms with Crippen LogP contribution in [0, 0.1) is 5.82 Å². The van der Waals surface area contributed by atoms with Crippen molar-refractivity contribution in [3.05, 3.63) is 29.8 Å². The van der Waals surface area contributed by atoms with Gasteiger partial charge in [0.2, 0.25) is 10.0 Å². The van der Waals surface area contributed by atoms with Gasteiger partial charge in [-0.05, 0) is 25.6 Å². The second-order valence-corrected chi connectivity index (χ2v) is 5.11. The van der Waals surface area contributed by atoms with Gasteiger partial charge in [0.1, 0.15) is 11.1 Å². The lowest BCUT2D eigenvalue weighted by molar-refractivity contribution is 0.567. The van der Waals surface area contributed by atoms with E-state index in [2.05, 4.69) is 9.71 Å². The predicted octanol–water partition coefficient (Wildman–Crippen LogP) is 1.22. The first-order valence-electron chi connectivity index (χ1n) is 4.55. The second-order valence-electron chi connectivity index (χ2n) is 3.05. The molecule has 1 N–H and O–H groups in total. The molecule has 0 saturated heterocycles. The number of nitrogens with one attached hydrogen (secondary N) is 1. The maximum atomic E-state index is 12.6. The van der Waals surface area contributed by atoms with Gasteiger partial charge in [0.05, 0.1) is 11.9 Å². The van der Waals surface area contributed by atoms with Crippen molar-refractivity contribution in [1.29, 1.82) is 0 Å². The molecular weight excluding hydrogens is 219 g/mol. The molecule has 0 aliphatic carbocycles. The van der Waals surface area contributed by atoms with Crippen molar-refractivity contribution in [2.75, 3.05) is 7.05 Å². The van der Waals surface area contributed by atoms with Crippen molar-refractivity contribution in [3.63, 3.8) is 0 Å². The van der Waals surface area contributed by atoms with Crippen molar-refractivity contribution in [2.45, 2.75) is 18.6 Å². The second kappa shape index (κ2) is 4.67. The standard InChI is InChI=1S/C9H13FN2O2S/c1-3-9(15(13,14)11-2)8-5-4-7(10)6-12-8/h4-6,9,11H,3H2,1-2H3. The first-order valence-corrected chi connectivity index (χ1v) is 6.09. The molecule has 1 rings (SSSR count). The van der Waals surface area contributed by atoms with Crippen LogP contribution in [0.5, 0.6) is 0 Å². The van der Waals surface area contributed by atoms with Gasteiger partial charge in [-0.3, -0.25) is 4.98 Å². The van der Waals surface area contributed by atoms with Crippen LogP contribution in [0.4, 0.5) is 4.39 Å². The summed E-state index contributed by atoms with van der Waals surface area (Å²) in [6.07, 6.45) is 1.41. The third-order valence-corrected chi connectivity index (χ3v) is 4.00. The highest BCUT2D eigenvalue weighted by atomic mass is 32.2. The van der Waals surface area contributed by atoms with Crippen LogP contribution in [0.2, 0.25) is 0 Å². The molecule has 15 heavy (non-hydrogen) atoms. The number of hydrogen-bond acceptors (Lipinski definition) is 3. The van der Waals surface area contributed by atoms with Crippen molar-refractivity contribution in [3.8, 4) is 0 Å². The number of rotatable bonds is 4. The van der Waals surface area contributed by atoms with E-state index < -0.39 is 21.1 Å². The summed E-state index contributed by atoms with van der Waals surface area (Å²) in [4.78, 5) is 3.77. The Morgan fingerprint density at radius 2 is 2.20 bits per heavy atom. The van der Waals surface area contributed by atoms with Crippen LogP contribution in [0.15, 0.2) is 18.3 Å². The molecule has 0 amide bonds. The molecule has 1 unspecified atom stereocenters. The molecule has 1 aromatic rings. The summed E-state index contributed by atoms with van der Waals surface area (Å²) >= 11 is 0. The van der Waals surface area contributed by atoms with Gasteiger partial charge in [0.15, 0.2) is 0 Å². The molecule has 0 radical (unpaired) electrons. The van der Waals surface area contributed by atoms with Gasteiger partial charge >= 0.3 is 0 Å². The van der Waals surface area contributed by atoms with E-state index in [9.17, 15) is 12.8 Å². The molecule has 1 heterocycles. The summed E-state index contributed by atoms with van der Waals surface area (Å²) in [5.41, 5.74) is 0.355. The fourth-order valence-electron chi connectivity index (χ4n) is 1.31. The van der Waals surface area contributed by atoms with E-state index >= 15 is 0 Å². The highest BCUT2D eigenvalue weighted by molar-refractivity contribution is 7.89. The molecule has 0 aromatic carbocycles. The molecule has 0 bridgehead atoms. The Morgan fingerprint density at radius 3 is 2.60 bits per heavy atom. The van der Waals surface area contributed by atoms with Crippen LogP contribution in [0.3, 0.4) is 0 Å². The van der Waals surface area contributed by atoms with E-state index in [1.54, 1.807) is 6.92 Å². The van der Waals surface area contributed by atoms with E-state index in [0.717, 1.165) is 6.20 Å². The summed E-state index contributed by atoms with van der Waals surface area (Å²) < 4.78 is 38.0. The fourth-order valence-corrected chi connectivity index (χ4v) is 2.49. The molecule has 4 nitrogen and oxygen atoms in total. The van der Waals surface area contributed by atoms with Crippen molar-refractivity contribution in [2.24, 2.45) is 0 Å². The van der Waals surface area contributed by atoms with Gasteiger partial charge in [0.25, 0.3) is 0 Å². The van der Waals surface area contributed by atoms with Crippen LogP contribution in [0.1, 0.15) is 24.3 Å². The summed E-state index contributed by atoms with van der Waals surface area (Å²) in [7, 11) is -2.06. The van der Waals surface area contributed by atoms with Gasteiger partial charge in [-0.25, -0.2) is 17.5 Å². The minimum atomic E-state index is -3.41. The molecule has 0 spiro atoms. The van der Waals surface area contributed by atoms with Crippen LogP contribution in [-0.4, -0.2) is 20.4 Å². The number of sulfonamides is 1. The average molecular weight is 232 g/mol. The zero-order valence-electron chi connectivity index (χ0n) is 8.57. The maximum absolute atomic E-state index is 12.6. The van der Waals surface area contributed by atoms with Crippen LogP contribution < -0.4 is 4.72 Å². The first kappa shape index (κ1) is 12.1. The van der Waals surface area contributed by atoms with Gasteiger partial charge in [-0.2, -0.15) is 0 Å². The first-order chi connectivity index (χ1) is 7.01. The largest absolute Gasteiger partial charge is 0.257 e. The third kappa shape index (κ3) is 2.73. The van der Waals surface area contributed by atoms with Gasteiger partial charge in [0, 0.05) is 0 Å². The minimum Gasteiger partial charge on any atom is -0.257 e. The number of pyridine rings is 1. The topological polar surface area (TPSA) is 59.1 Å². The Labute approximate surface area is 88.6 Å². The summed E-state index contributed by atoms with van der Waals surface area (Å²) in [5, 5.41) is -0.733. The Balaban J connectivity index is 3.09. The number of nitrogens with zero attached hydrogens (tertiary/aromatic N) is 1. The fraction of sp³-hybridized carbons (Fsp3) is 0.444. The van der Waals surface area contributed by atoms with Crippen LogP contribution >= 0.6 is 0 Å². The quantitative estimate of drug-likeness (QED) is 0.849. The molecular formula is C9H13FN2O2S. The molecule has 0 aliphatic heterocycles. The van der Waals surface area contributed by atoms with Gasteiger partial charge < -0.3 is 0 Å². The van der Waals surface area contributed by atoms with E-state index in [0.29, 0.717) is 12.1 Å². The average Bonchev–Trinajstić information content (AvgIpc) is 2.22. The molecule has 84 valence electrons. The van der Waals surface area contributed by atoms with Crippen LogP contribution in [-0.2, 0) is 10.0 Å². The van der Waals surface area contributed by atoms with Crippen molar-refractivity contribution >= 4 is 10.0 Å². The van der Waals surface area contributed by atoms with E-state index in [1.807, 2.05) is 0 Å². The zero-order valence-corrected chi connectivity index (χ0v) is 9.38. The molecule has 6 heteroatoms. The molecule has 0 aliphatic rings. The van der Waals surface area contributed by atoms with Crippen molar-refractivity contribution in [1.82, 2.24) is 9.71 Å². The van der Waals surface area contributed by atoms with Gasteiger partial charge in [-0.1, -0.05) is 6.92 Å². The zero-order chi connectivity index (χ0) is 11.5. The SMILES string of the molecule is CCC(c1ccc(F)cn1)S(=O)(=O)NC.